The van der Waals surface area contributed by atoms with Crippen LogP contribution in [-0.4, -0.2) is 80.1 Å². The van der Waals surface area contributed by atoms with Crippen molar-refractivity contribution < 1.29 is 23.0 Å². The predicted octanol–water partition coefficient (Wildman–Crippen LogP) is 4.28. The fourth-order valence-corrected chi connectivity index (χ4v) is 6.05. The molecule has 0 bridgehead atoms. The highest BCUT2D eigenvalue weighted by Gasteiger charge is 2.36. The minimum Gasteiger partial charge on any atom is -0.474 e. The van der Waals surface area contributed by atoms with Gasteiger partial charge in [0.1, 0.15) is 11.9 Å². The lowest BCUT2D eigenvalue weighted by Gasteiger charge is -2.34. The maximum Gasteiger partial charge on any atom is 0.296 e. The molecule has 1 amide bonds. The van der Waals surface area contributed by atoms with Crippen molar-refractivity contribution in [3.63, 3.8) is 0 Å². The van der Waals surface area contributed by atoms with Crippen LogP contribution < -0.4 is 9.64 Å². The van der Waals surface area contributed by atoms with Crippen molar-refractivity contribution in [2.45, 2.75) is 55.5 Å². The van der Waals surface area contributed by atoms with Crippen LogP contribution in [0.1, 0.15) is 44.4 Å². The third-order valence-electron chi connectivity index (χ3n) is 7.53. The molecule has 1 aliphatic carbocycles. The zero-order valence-corrected chi connectivity index (χ0v) is 22.4. The highest BCUT2D eigenvalue weighted by Crippen LogP contribution is 2.33. The molecule has 2 aromatic heterocycles. The van der Waals surface area contributed by atoms with Gasteiger partial charge in [-0.1, -0.05) is 28.1 Å². The zero-order valence-electron chi connectivity index (χ0n) is 20.8. The second kappa shape index (κ2) is 10.7. The van der Waals surface area contributed by atoms with Crippen molar-refractivity contribution in [2.24, 2.45) is 0 Å². The average Bonchev–Trinajstić information content (AvgIpc) is 3.50. The van der Waals surface area contributed by atoms with Crippen LogP contribution in [0.5, 0.6) is 5.88 Å². The molecule has 6 rings (SSSR count). The van der Waals surface area contributed by atoms with Gasteiger partial charge in [-0.15, -0.1) is 0 Å². The Morgan fingerprint density at radius 1 is 1.00 bits per heavy atom. The number of aromatic nitrogens is 4. The van der Waals surface area contributed by atoms with Gasteiger partial charge in [-0.25, -0.2) is 13.8 Å². The van der Waals surface area contributed by atoms with Gasteiger partial charge in [0.2, 0.25) is 17.7 Å². The number of para-hydroxylation sites is 2. The Morgan fingerprint density at radius 2 is 1.76 bits per heavy atom. The molecule has 0 radical (unpaired) electrons. The molecule has 0 N–H and O–H groups in total. The number of morpholine rings is 1. The highest BCUT2D eigenvalue weighted by molar-refractivity contribution is 9.10. The maximum absolute atomic E-state index is 14.1. The first-order valence-electron chi connectivity index (χ1n) is 13.1. The highest BCUT2D eigenvalue weighted by atomic mass is 79.9. The van der Waals surface area contributed by atoms with Gasteiger partial charge in [-0.05, 0) is 44.2 Å². The van der Waals surface area contributed by atoms with Crippen molar-refractivity contribution in [3.05, 3.63) is 36.2 Å². The summed E-state index contributed by atoms with van der Waals surface area (Å²) < 4.78 is 41.4. The third-order valence-corrected chi connectivity index (χ3v) is 8.38. The van der Waals surface area contributed by atoms with Gasteiger partial charge in [-0.3, -0.25) is 9.36 Å². The Kier molecular flexibility index (Phi) is 7.17. The van der Waals surface area contributed by atoms with E-state index in [1.807, 2.05) is 9.80 Å². The summed E-state index contributed by atoms with van der Waals surface area (Å²) >= 11 is 3.46. The summed E-state index contributed by atoms with van der Waals surface area (Å²) in [6, 6.07) is 8.87. The first-order valence-corrected chi connectivity index (χ1v) is 14.0. The molecule has 1 aromatic carbocycles. The van der Waals surface area contributed by atoms with E-state index in [4.69, 9.17) is 9.47 Å². The van der Waals surface area contributed by atoms with E-state index >= 15 is 0 Å². The number of carbonyl (C=O) groups is 1. The monoisotopic (exact) mass is 590 g/mol. The summed E-state index contributed by atoms with van der Waals surface area (Å²) in [7, 11) is 0. The molecule has 1 unspecified atom stereocenters. The Morgan fingerprint density at radius 3 is 2.47 bits per heavy atom. The van der Waals surface area contributed by atoms with Crippen LogP contribution in [0.15, 0.2) is 30.3 Å². The summed E-state index contributed by atoms with van der Waals surface area (Å²) in [6.45, 7) is 3.05. The molecule has 9 nitrogen and oxygen atoms in total. The second-order valence-electron chi connectivity index (χ2n) is 9.89. The van der Waals surface area contributed by atoms with Gasteiger partial charge in [0.25, 0.3) is 6.43 Å². The van der Waals surface area contributed by atoms with Crippen molar-refractivity contribution in [3.8, 4) is 11.7 Å². The minimum absolute atomic E-state index is 0.0769. The number of benzene rings is 1. The largest absolute Gasteiger partial charge is 0.474 e. The van der Waals surface area contributed by atoms with Crippen LogP contribution in [0.2, 0.25) is 0 Å². The maximum atomic E-state index is 14.1. The number of rotatable bonds is 6. The second-order valence-corrected chi connectivity index (χ2v) is 11.0. The Labute approximate surface area is 227 Å². The van der Waals surface area contributed by atoms with E-state index in [0.29, 0.717) is 55.0 Å². The lowest BCUT2D eigenvalue weighted by molar-refractivity contribution is -0.130. The minimum atomic E-state index is -2.78. The molecule has 202 valence electrons. The summed E-state index contributed by atoms with van der Waals surface area (Å²) in [5.74, 6) is 0.853. The number of nitrogens with zero attached hydrogens (tertiary/aromatic N) is 6. The number of imidazole rings is 1. The molecule has 2 aliphatic heterocycles. The van der Waals surface area contributed by atoms with Gasteiger partial charge >= 0.3 is 0 Å². The number of halogens is 3. The standard InChI is InChI=1S/C26H29BrF2N6O3/c27-18-9-10-34(25(18)36)16-5-7-17(8-6-16)38-22-15-21(31-26(32-22)33-11-13-37-14-12-33)35-20-4-2-1-3-19(20)30-24(35)23(28)29/h1-4,15-18,23H,5-14H2/t16-,17-,18?. The lowest BCUT2D eigenvalue weighted by Crippen LogP contribution is -2.41. The molecule has 2 saturated heterocycles. The van der Waals surface area contributed by atoms with Gasteiger partial charge in [0.15, 0.2) is 5.82 Å². The quantitative estimate of drug-likeness (QED) is 0.396. The Balaban J connectivity index is 1.29. The SMILES string of the molecule is O=C1C(Br)CCN1[C@H]1CC[C@H](Oc2cc(-n3c(C(F)F)nc4ccccc43)nc(N3CCOCC3)n2)CC1. The molecule has 0 spiro atoms. The molecule has 3 fully saturated rings. The van der Waals surface area contributed by atoms with E-state index in [2.05, 4.69) is 30.9 Å². The molecule has 3 aliphatic rings. The number of amides is 1. The summed E-state index contributed by atoms with van der Waals surface area (Å²) in [6.07, 6.45) is 1.24. The van der Waals surface area contributed by atoms with Crippen LogP contribution in [0.25, 0.3) is 16.9 Å². The topological polar surface area (TPSA) is 85.6 Å². The van der Waals surface area contributed by atoms with Gasteiger partial charge in [-0.2, -0.15) is 9.97 Å². The van der Waals surface area contributed by atoms with Crippen LogP contribution >= 0.6 is 15.9 Å². The molecule has 1 saturated carbocycles. The van der Waals surface area contributed by atoms with E-state index in [1.165, 1.54) is 4.57 Å². The number of likely N-dealkylation sites (tertiary alicyclic amines) is 1. The normalized spacial score (nSPS) is 24.5. The van der Waals surface area contributed by atoms with Gasteiger partial charge in [0, 0.05) is 31.7 Å². The smallest absolute Gasteiger partial charge is 0.296 e. The molecular weight excluding hydrogens is 562 g/mol. The van der Waals surface area contributed by atoms with E-state index in [1.54, 1.807) is 30.3 Å². The predicted molar refractivity (Wildman–Crippen MR) is 140 cm³/mol. The summed E-state index contributed by atoms with van der Waals surface area (Å²) in [5.41, 5.74) is 1.01. The number of hydrogen-bond donors (Lipinski definition) is 0. The number of fused-ring (bicyclic) bond motifs is 1. The van der Waals surface area contributed by atoms with Crippen LogP contribution in [0, 0.1) is 0 Å². The Bertz CT molecular complexity index is 1310. The fourth-order valence-electron chi connectivity index (χ4n) is 5.59. The van der Waals surface area contributed by atoms with E-state index in [-0.39, 0.29) is 28.7 Å². The fraction of sp³-hybridized carbons (Fsp3) is 0.538. The van der Waals surface area contributed by atoms with Crippen molar-refractivity contribution in [1.29, 1.82) is 0 Å². The first-order chi connectivity index (χ1) is 18.5. The molecule has 1 atom stereocenters. The molecular formula is C26H29BrF2N6O3. The van der Waals surface area contributed by atoms with E-state index in [0.717, 1.165) is 38.6 Å². The summed E-state index contributed by atoms with van der Waals surface area (Å²) in [5, 5.41) is 0. The van der Waals surface area contributed by atoms with E-state index < -0.39 is 6.43 Å². The first kappa shape index (κ1) is 25.4. The van der Waals surface area contributed by atoms with Crippen molar-refractivity contribution in [1.82, 2.24) is 24.4 Å². The lowest BCUT2D eigenvalue weighted by atomic mass is 9.92. The van der Waals surface area contributed by atoms with Gasteiger partial charge < -0.3 is 19.3 Å². The van der Waals surface area contributed by atoms with Crippen LogP contribution in [0.3, 0.4) is 0 Å². The molecule has 3 aromatic rings. The number of anilines is 1. The van der Waals surface area contributed by atoms with Crippen LogP contribution in [0.4, 0.5) is 14.7 Å². The molecule has 12 heteroatoms. The third kappa shape index (κ3) is 4.95. The number of hydrogen-bond acceptors (Lipinski definition) is 7. The summed E-state index contributed by atoms with van der Waals surface area (Å²) in [4.78, 5) is 29.9. The zero-order chi connectivity index (χ0) is 26.2. The number of alkyl halides is 3. The molecule has 4 heterocycles. The Hall–Kier alpha value is -2.86. The average molecular weight is 591 g/mol. The van der Waals surface area contributed by atoms with E-state index in [9.17, 15) is 13.6 Å². The van der Waals surface area contributed by atoms with Crippen LogP contribution in [-0.2, 0) is 9.53 Å². The molecule has 38 heavy (non-hydrogen) atoms. The van der Waals surface area contributed by atoms with Gasteiger partial charge in [0.05, 0.1) is 29.1 Å². The van der Waals surface area contributed by atoms with Crippen molar-refractivity contribution >= 4 is 38.8 Å². The van der Waals surface area contributed by atoms with Crippen molar-refractivity contribution in [2.75, 3.05) is 37.7 Å². The number of carbonyl (C=O) groups excluding carboxylic acids is 1. The number of ether oxygens (including phenoxy) is 2.